The molecular weight excluding hydrogens is 359 g/mol. The molecule has 2 aliphatic rings. The summed E-state index contributed by atoms with van der Waals surface area (Å²) < 4.78 is 13.4. The van der Waals surface area contributed by atoms with Crippen molar-refractivity contribution in [1.82, 2.24) is 9.80 Å². The Balaban J connectivity index is 1.43. The molecule has 0 aromatic heterocycles. The number of fused-ring (bicyclic) bond motifs is 1. The molecule has 6 heteroatoms. The van der Waals surface area contributed by atoms with E-state index in [1.807, 2.05) is 6.92 Å². The number of rotatable bonds is 6. The Morgan fingerprint density at radius 3 is 2.57 bits per heavy atom. The van der Waals surface area contributed by atoms with Crippen molar-refractivity contribution >= 4 is 17.7 Å². The summed E-state index contributed by atoms with van der Waals surface area (Å²) in [5.41, 5.74) is 2.43. The van der Waals surface area contributed by atoms with Crippen molar-refractivity contribution < 1.29 is 18.8 Å². The first kappa shape index (κ1) is 18.3. The van der Waals surface area contributed by atoms with Gasteiger partial charge in [0.15, 0.2) is 0 Å². The van der Waals surface area contributed by atoms with Gasteiger partial charge in [0.1, 0.15) is 5.82 Å². The molecule has 0 spiro atoms. The van der Waals surface area contributed by atoms with Crippen molar-refractivity contribution in [3.05, 3.63) is 70.5 Å². The Labute approximate surface area is 162 Å². The summed E-state index contributed by atoms with van der Waals surface area (Å²) in [6.45, 7) is 2.25. The lowest BCUT2D eigenvalue weighted by Gasteiger charge is -2.24. The standard InChI is InChI=1S/C22H21FN2O3/c1-14-5-8-18-19(11-14)22(28)24(21(18)27)10-9-20(26)25(17-6-7-17)13-15-3-2-4-16(23)12-15/h2-5,8,11-12,17H,6-7,9-10,13H2,1H3. The highest BCUT2D eigenvalue weighted by Crippen LogP contribution is 2.30. The van der Waals surface area contributed by atoms with Gasteiger partial charge in [0.25, 0.3) is 11.8 Å². The van der Waals surface area contributed by atoms with E-state index < -0.39 is 0 Å². The minimum absolute atomic E-state index is 0.0522. The SMILES string of the molecule is Cc1ccc2c(c1)C(=O)N(CCC(=O)N(Cc1cccc(F)c1)C1CC1)C2=O. The third-order valence-electron chi connectivity index (χ3n) is 5.23. The van der Waals surface area contributed by atoms with Gasteiger partial charge in [0.2, 0.25) is 5.91 Å². The third-order valence-corrected chi connectivity index (χ3v) is 5.23. The second-order valence-electron chi connectivity index (χ2n) is 7.44. The molecule has 1 fully saturated rings. The van der Waals surface area contributed by atoms with E-state index in [0.717, 1.165) is 28.9 Å². The summed E-state index contributed by atoms with van der Waals surface area (Å²) in [4.78, 5) is 40.7. The Kier molecular flexibility index (Phi) is 4.71. The van der Waals surface area contributed by atoms with E-state index in [-0.39, 0.29) is 42.5 Å². The number of amides is 3. The molecule has 1 saturated carbocycles. The largest absolute Gasteiger partial charge is 0.335 e. The van der Waals surface area contributed by atoms with Gasteiger partial charge in [0, 0.05) is 25.6 Å². The Morgan fingerprint density at radius 1 is 1.11 bits per heavy atom. The Hall–Kier alpha value is -3.02. The summed E-state index contributed by atoms with van der Waals surface area (Å²) in [6.07, 6.45) is 1.91. The fourth-order valence-electron chi connectivity index (χ4n) is 3.60. The molecule has 0 bridgehead atoms. The number of hydrogen-bond acceptors (Lipinski definition) is 3. The van der Waals surface area contributed by atoms with Crippen LogP contribution in [-0.2, 0) is 11.3 Å². The molecule has 1 aliphatic heterocycles. The normalized spacial score (nSPS) is 15.7. The lowest BCUT2D eigenvalue weighted by Crippen LogP contribution is -2.37. The third kappa shape index (κ3) is 3.54. The van der Waals surface area contributed by atoms with Crippen LogP contribution < -0.4 is 0 Å². The Bertz CT molecular complexity index is 968. The van der Waals surface area contributed by atoms with Crippen molar-refractivity contribution in [2.24, 2.45) is 0 Å². The van der Waals surface area contributed by atoms with Crippen LogP contribution in [0, 0.1) is 12.7 Å². The van der Waals surface area contributed by atoms with Crippen LogP contribution in [-0.4, -0.2) is 40.1 Å². The van der Waals surface area contributed by atoms with Crippen LogP contribution >= 0.6 is 0 Å². The second kappa shape index (κ2) is 7.19. The molecule has 28 heavy (non-hydrogen) atoms. The van der Waals surface area contributed by atoms with Crippen molar-refractivity contribution in [3.63, 3.8) is 0 Å². The van der Waals surface area contributed by atoms with Gasteiger partial charge in [0.05, 0.1) is 11.1 Å². The molecule has 2 aromatic carbocycles. The quantitative estimate of drug-likeness (QED) is 0.723. The summed E-state index contributed by atoms with van der Waals surface area (Å²) in [7, 11) is 0. The van der Waals surface area contributed by atoms with Crippen LogP contribution in [0.1, 0.15) is 51.1 Å². The van der Waals surface area contributed by atoms with E-state index in [0.29, 0.717) is 17.7 Å². The zero-order valence-corrected chi connectivity index (χ0v) is 15.7. The topological polar surface area (TPSA) is 57.7 Å². The molecule has 1 aliphatic carbocycles. The first-order valence-electron chi connectivity index (χ1n) is 9.45. The molecule has 0 atom stereocenters. The van der Waals surface area contributed by atoms with Crippen molar-refractivity contribution in [1.29, 1.82) is 0 Å². The molecule has 0 radical (unpaired) electrons. The molecule has 2 aromatic rings. The van der Waals surface area contributed by atoms with Crippen LogP contribution in [0.2, 0.25) is 0 Å². The average molecular weight is 380 g/mol. The van der Waals surface area contributed by atoms with Crippen LogP contribution in [0.5, 0.6) is 0 Å². The van der Waals surface area contributed by atoms with Gasteiger partial charge >= 0.3 is 0 Å². The maximum Gasteiger partial charge on any atom is 0.261 e. The minimum Gasteiger partial charge on any atom is -0.335 e. The first-order valence-corrected chi connectivity index (χ1v) is 9.45. The van der Waals surface area contributed by atoms with Gasteiger partial charge in [-0.3, -0.25) is 19.3 Å². The van der Waals surface area contributed by atoms with Crippen LogP contribution in [0.25, 0.3) is 0 Å². The number of hydrogen-bond donors (Lipinski definition) is 0. The van der Waals surface area contributed by atoms with E-state index in [4.69, 9.17) is 0 Å². The monoisotopic (exact) mass is 380 g/mol. The predicted molar refractivity (Wildman–Crippen MR) is 101 cm³/mol. The van der Waals surface area contributed by atoms with Gasteiger partial charge < -0.3 is 4.90 Å². The summed E-state index contributed by atoms with van der Waals surface area (Å²) in [5, 5.41) is 0. The van der Waals surface area contributed by atoms with Gasteiger partial charge in [-0.05, 0) is 49.6 Å². The maximum absolute atomic E-state index is 13.4. The number of halogens is 1. The zero-order valence-electron chi connectivity index (χ0n) is 15.7. The molecule has 5 nitrogen and oxygen atoms in total. The number of benzene rings is 2. The molecule has 0 saturated heterocycles. The summed E-state index contributed by atoms with van der Waals surface area (Å²) in [6, 6.07) is 11.5. The number of carbonyl (C=O) groups excluding carboxylic acids is 3. The van der Waals surface area contributed by atoms with Gasteiger partial charge in [-0.25, -0.2) is 4.39 Å². The van der Waals surface area contributed by atoms with E-state index in [1.165, 1.54) is 12.1 Å². The zero-order chi connectivity index (χ0) is 19.8. The number of carbonyl (C=O) groups is 3. The second-order valence-corrected chi connectivity index (χ2v) is 7.44. The van der Waals surface area contributed by atoms with Crippen molar-refractivity contribution in [2.45, 2.75) is 38.8 Å². The highest BCUT2D eigenvalue weighted by atomic mass is 19.1. The first-order chi connectivity index (χ1) is 13.4. The number of imide groups is 1. The van der Waals surface area contributed by atoms with Crippen molar-refractivity contribution in [3.8, 4) is 0 Å². The van der Waals surface area contributed by atoms with E-state index >= 15 is 0 Å². The van der Waals surface area contributed by atoms with Crippen molar-refractivity contribution in [2.75, 3.05) is 6.54 Å². The van der Waals surface area contributed by atoms with Gasteiger partial charge in [-0.2, -0.15) is 0 Å². The van der Waals surface area contributed by atoms with Crippen LogP contribution in [0.4, 0.5) is 4.39 Å². The lowest BCUT2D eigenvalue weighted by atomic mass is 10.1. The number of nitrogens with zero attached hydrogens (tertiary/aromatic N) is 2. The molecule has 144 valence electrons. The number of aryl methyl sites for hydroxylation is 1. The maximum atomic E-state index is 13.4. The smallest absolute Gasteiger partial charge is 0.261 e. The fraction of sp³-hybridized carbons (Fsp3) is 0.318. The summed E-state index contributed by atoms with van der Waals surface area (Å²) >= 11 is 0. The highest BCUT2D eigenvalue weighted by Gasteiger charge is 2.37. The molecule has 0 unspecified atom stereocenters. The molecule has 1 heterocycles. The minimum atomic E-state index is -0.351. The Morgan fingerprint density at radius 2 is 1.86 bits per heavy atom. The lowest BCUT2D eigenvalue weighted by molar-refractivity contribution is -0.132. The molecule has 4 rings (SSSR count). The average Bonchev–Trinajstić information content (AvgIpc) is 3.47. The summed E-state index contributed by atoms with van der Waals surface area (Å²) in [5.74, 6) is -1.16. The molecular formula is C22H21FN2O3. The molecule has 0 N–H and O–H groups in total. The van der Waals surface area contributed by atoms with E-state index in [2.05, 4.69) is 0 Å². The fourth-order valence-corrected chi connectivity index (χ4v) is 3.60. The van der Waals surface area contributed by atoms with E-state index in [1.54, 1.807) is 35.2 Å². The van der Waals surface area contributed by atoms with Gasteiger partial charge in [-0.15, -0.1) is 0 Å². The van der Waals surface area contributed by atoms with Gasteiger partial charge in [-0.1, -0.05) is 23.8 Å². The van der Waals surface area contributed by atoms with Crippen LogP contribution in [0.3, 0.4) is 0 Å². The van der Waals surface area contributed by atoms with Crippen LogP contribution in [0.15, 0.2) is 42.5 Å². The molecule has 3 amide bonds. The van der Waals surface area contributed by atoms with E-state index in [9.17, 15) is 18.8 Å². The highest BCUT2D eigenvalue weighted by molar-refractivity contribution is 6.21. The predicted octanol–water partition coefficient (Wildman–Crippen LogP) is 3.31.